The lowest BCUT2D eigenvalue weighted by Crippen LogP contribution is -2.45. The van der Waals surface area contributed by atoms with Gasteiger partial charge in [0.1, 0.15) is 5.75 Å². The molecule has 156 valence electrons. The molecular weight excluding hydrogens is 374 g/mol. The SMILES string of the molecule is COC(=O)C1=C(C)NC(=O)NC1c1ccc(OCC(=O)N2CCCCCC2)cc1. The van der Waals surface area contributed by atoms with Crippen molar-refractivity contribution in [1.29, 1.82) is 0 Å². The van der Waals surface area contributed by atoms with Gasteiger partial charge in [-0.1, -0.05) is 25.0 Å². The first-order valence-electron chi connectivity index (χ1n) is 9.86. The molecule has 0 spiro atoms. The molecule has 0 radical (unpaired) electrons. The van der Waals surface area contributed by atoms with Gasteiger partial charge < -0.3 is 25.0 Å². The van der Waals surface area contributed by atoms with Crippen molar-refractivity contribution in [2.75, 3.05) is 26.8 Å². The van der Waals surface area contributed by atoms with E-state index in [1.165, 1.54) is 20.0 Å². The van der Waals surface area contributed by atoms with Crippen LogP contribution in [0.25, 0.3) is 0 Å². The number of hydrogen-bond acceptors (Lipinski definition) is 5. The van der Waals surface area contributed by atoms with Crippen LogP contribution in [0.5, 0.6) is 5.75 Å². The fraction of sp³-hybridized carbons (Fsp3) is 0.476. The molecule has 1 fully saturated rings. The van der Waals surface area contributed by atoms with Gasteiger partial charge in [0.15, 0.2) is 6.61 Å². The number of carbonyl (C=O) groups excluding carboxylic acids is 3. The van der Waals surface area contributed by atoms with Gasteiger partial charge in [-0.25, -0.2) is 9.59 Å². The van der Waals surface area contributed by atoms with Crippen molar-refractivity contribution in [3.05, 3.63) is 41.1 Å². The van der Waals surface area contributed by atoms with Gasteiger partial charge in [0.2, 0.25) is 0 Å². The number of ether oxygens (including phenoxy) is 2. The predicted octanol–water partition coefficient (Wildman–Crippen LogP) is 2.27. The van der Waals surface area contributed by atoms with Gasteiger partial charge in [-0.2, -0.15) is 0 Å². The molecule has 1 saturated heterocycles. The summed E-state index contributed by atoms with van der Waals surface area (Å²) in [6.07, 6.45) is 4.41. The number of allylic oxidation sites excluding steroid dienone is 1. The molecule has 2 N–H and O–H groups in total. The predicted molar refractivity (Wildman–Crippen MR) is 106 cm³/mol. The Morgan fingerprint density at radius 1 is 1.10 bits per heavy atom. The number of nitrogens with zero attached hydrogens (tertiary/aromatic N) is 1. The molecule has 1 aromatic rings. The van der Waals surface area contributed by atoms with E-state index in [4.69, 9.17) is 9.47 Å². The molecule has 0 bridgehead atoms. The Kier molecular flexibility index (Phi) is 6.74. The van der Waals surface area contributed by atoms with Crippen molar-refractivity contribution < 1.29 is 23.9 Å². The number of hydrogen-bond donors (Lipinski definition) is 2. The van der Waals surface area contributed by atoms with Crippen LogP contribution in [0.4, 0.5) is 4.79 Å². The van der Waals surface area contributed by atoms with Crippen molar-refractivity contribution in [2.45, 2.75) is 38.6 Å². The van der Waals surface area contributed by atoms with E-state index >= 15 is 0 Å². The fourth-order valence-electron chi connectivity index (χ4n) is 3.64. The van der Waals surface area contributed by atoms with Crippen LogP contribution in [0.15, 0.2) is 35.5 Å². The zero-order chi connectivity index (χ0) is 20.8. The zero-order valence-corrected chi connectivity index (χ0v) is 16.8. The largest absolute Gasteiger partial charge is 0.484 e. The Hall–Kier alpha value is -3.03. The highest BCUT2D eigenvalue weighted by molar-refractivity contribution is 5.94. The molecule has 0 aromatic heterocycles. The molecule has 8 nitrogen and oxygen atoms in total. The average molecular weight is 401 g/mol. The van der Waals surface area contributed by atoms with Crippen molar-refractivity contribution >= 4 is 17.9 Å². The molecule has 1 atom stereocenters. The summed E-state index contributed by atoms with van der Waals surface area (Å²) < 4.78 is 10.5. The Morgan fingerprint density at radius 3 is 2.38 bits per heavy atom. The second-order valence-electron chi connectivity index (χ2n) is 7.21. The van der Waals surface area contributed by atoms with Crippen molar-refractivity contribution in [3.8, 4) is 5.75 Å². The number of benzene rings is 1. The molecule has 3 rings (SSSR count). The number of rotatable bonds is 5. The van der Waals surface area contributed by atoms with E-state index in [-0.39, 0.29) is 18.5 Å². The van der Waals surface area contributed by atoms with E-state index in [1.807, 2.05) is 4.90 Å². The number of amides is 3. The van der Waals surface area contributed by atoms with Crippen molar-refractivity contribution in [1.82, 2.24) is 15.5 Å². The van der Waals surface area contributed by atoms with E-state index in [1.54, 1.807) is 31.2 Å². The van der Waals surface area contributed by atoms with Gasteiger partial charge in [-0.15, -0.1) is 0 Å². The minimum Gasteiger partial charge on any atom is -0.484 e. The fourth-order valence-corrected chi connectivity index (χ4v) is 3.64. The molecule has 2 aliphatic heterocycles. The minimum atomic E-state index is -0.621. The number of nitrogens with one attached hydrogen (secondary N) is 2. The molecule has 1 unspecified atom stereocenters. The third kappa shape index (κ3) is 5.07. The molecular formula is C21H27N3O5. The maximum Gasteiger partial charge on any atom is 0.337 e. The second kappa shape index (κ2) is 9.45. The topological polar surface area (TPSA) is 97.0 Å². The number of urea groups is 1. The maximum absolute atomic E-state index is 12.4. The van der Waals surface area contributed by atoms with E-state index < -0.39 is 12.0 Å². The third-order valence-electron chi connectivity index (χ3n) is 5.21. The van der Waals surface area contributed by atoms with Crippen LogP contribution >= 0.6 is 0 Å². The van der Waals surface area contributed by atoms with Gasteiger partial charge in [0.25, 0.3) is 5.91 Å². The highest BCUT2D eigenvalue weighted by atomic mass is 16.5. The summed E-state index contributed by atoms with van der Waals surface area (Å²) in [5, 5.41) is 5.32. The number of carbonyl (C=O) groups is 3. The molecule has 8 heteroatoms. The second-order valence-corrected chi connectivity index (χ2v) is 7.21. The standard InChI is InChI=1S/C21H27N3O5/c1-14-18(20(26)28-2)19(23-21(27)22-14)15-7-9-16(10-8-15)29-13-17(25)24-11-5-3-4-6-12-24/h7-10,19H,3-6,11-13H2,1-2H3,(H2,22,23,27). The van der Waals surface area contributed by atoms with E-state index in [9.17, 15) is 14.4 Å². The van der Waals surface area contributed by atoms with Crippen LogP contribution in [0.2, 0.25) is 0 Å². The average Bonchev–Trinajstić information content (AvgIpc) is 3.01. The van der Waals surface area contributed by atoms with E-state index in [2.05, 4.69) is 10.6 Å². The Morgan fingerprint density at radius 2 is 1.76 bits per heavy atom. The summed E-state index contributed by atoms with van der Waals surface area (Å²) in [5.41, 5.74) is 1.51. The quantitative estimate of drug-likeness (QED) is 0.738. The molecule has 29 heavy (non-hydrogen) atoms. The number of likely N-dealkylation sites (tertiary alicyclic amines) is 1. The molecule has 2 heterocycles. The van der Waals surface area contributed by atoms with Gasteiger partial charge in [0, 0.05) is 18.8 Å². The lowest BCUT2D eigenvalue weighted by molar-refractivity contribution is -0.136. The monoisotopic (exact) mass is 401 g/mol. The van der Waals surface area contributed by atoms with Gasteiger partial charge in [-0.05, 0) is 37.5 Å². The van der Waals surface area contributed by atoms with Crippen molar-refractivity contribution in [2.24, 2.45) is 0 Å². The zero-order valence-electron chi connectivity index (χ0n) is 16.8. The Bertz CT molecular complexity index is 795. The summed E-state index contributed by atoms with van der Waals surface area (Å²) in [6.45, 7) is 3.23. The normalized spacial score (nSPS) is 19.7. The number of methoxy groups -OCH3 is 1. The van der Waals surface area contributed by atoms with Crippen LogP contribution in [0.1, 0.15) is 44.2 Å². The van der Waals surface area contributed by atoms with Crippen LogP contribution < -0.4 is 15.4 Å². The Labute approximate surface area is 170 Å². The molecule has 2 aliphatic rings. The Balaban J connectivity index is 1.66. The lowest BCUT2D eigenvalue weighted by Gasteiger charge is -2.27. The summed E-state index contributed by atoms with van der Waals surface area (Å²) in [7, 11) is 1.30. The maximum atomic E-state index is 12.4. The third-order valence-corrected chi connectivity index (χ3v) is 5.21. The summed E-state index contributed by atoms with van der Waals surface area (Å²) >= 11 is 0. The molecule has 1 aromatic carbocycles. The van der Waals surface area contributed by atoms with E-state index in [0.717, 1.165) is 25.9 Å². The molecule has 0 aliphatic carbocycles. The number of esters is 1. The molecule has 0 saturated carbocycles. The molecule has 3 amide bonds. The van der Waals surface area contributed by atoms with Crippen molar-refractivity contribution in [3.63, 3.8) is 0 Å². The van der Waals surface area contributed by atoms with Crippen LogP contribution in [0, 0.1) is 0 Å². The van der Waals surface area contributed by atoms with Gasteiger partial charge in [0.05, 0.1) is 18.7 Å². The van der Waals surface area contributed by atoms with Crippen LogP contribution in [-0.4, -0.2) is 49.6 Å². The minimum absolute atomic E-state index is 0.00411. The highest BCUT2D eigenvalue weighted by Crippen LogP contribution is 2.28. The summed E-state index contributed by atoms with van der Waals surface area (Å²) in [4.78, 5) is 38.2. The van der Waals surface area contributed by atoms with Crippen LogP contribution in [-0.2, 0) is 14.3 Å². The highest BCUT2D eigenvalue weighted by Gasteiger charge is 2.31. The van der Waals surface area contributed by atoms with Gasteiger partial charge >= 0.3 is 12.0 Å². The lowest BCUT2D eigenvalue weighted by atomic mass is 9.95. The van der Waals surface area contributed by atoms with Gasteiger partial charge in [-0.3, -0.25) is 4.79 Å². The van der Waals surface area contributed by atoms with Crippen LogP contribution in [0.3, 0.4) is 0 Å². The van der Waals surface area contributed by atoms with E-state index in [0.29, 0.717) is 22.6 Å². The first-order chi connectivity index (χ1) is 14.0. The first-order valence-corrected chi connectivity index (χ1v) is 9.86. The first kappa shape index (κ1) is 20.7. The smallest absolute Gasteiger partial charge is 0.337 e. The summed E-state index contributed by atoms with van der Waals surface area (Å²) in [6, 6.07) is 5.97. The summed E-state index contributed by atoms with van der Waals surface area (Å²) in [5.74, 6) is 0.0361.